The summed E-state index contributed by atoms with van der Waals surface area (Å²) in [6.07, 6.45) is 1.68. The molecule has 2 heterocycles. The molecule has 7 heteroatoms. The Morgan fingerprint density at radius 1 is 1.03 bits per heavy atom. The standard InChI is InChI=1S/C22H23FN4O2/c1-25(22(29)17-14-24-19-8-4-2-6-16(17)19)15-21(28)27-12-10-26(11-13-27)20-9-5-3-7-18(20)23/h2-9,14,24H,10-13,15H2,1H3. The van der Waals surface area contributed by atoms with Gasteiger partial charge in [-0.2, -0.15) is 0 Å². The molecule has 6 nitrogen and oxygen atoms in total. The molecule has 1 saturated heterocycles. The van der Waals surface area contributed by atoms with Crippen LogP contribution in [0.5, 0.6) is 0 Å². The molecule has 1 aliphatic rings. The molecule has 1 aromatic heterocycles. The van der Waals surface area contributed by atoms with Gasteiger partial charge in [0.25, 0.3) is 5.91 Å². The van der Waals surface area contributed by atoms with E-state index >= 15 is 0 Å². The SMILES string of the molecule is CN(CC(=O)N1CCN(c2ccccc2F)CC1)C(=O)c1c[nH]c2ccccc12. The molecule has 150 valence electrons. The van der Waals surface area contributed by atoms with Crippen LogP contribution in [0.4, 0.5) is 10.1 Å². The molecule has 2 amide bonds. The first kappa shape index (κ1) is 19.0. The molecule has 0 bridgehead atoms. The van der Waals surface area contributed by atoms with E-state index in [0.717, 1.165) is 10.9 Å². The number of para-hydroxylation sites is 2. The van der Waals surface area contributed by atoms with Gasteiger partial charge in [-0.1, -0.05) is 30.3 Å². The maximum absolute atomic E-state index is 14.0. The van der Waals surface area contributed by atoms with Crippen molar-refractivity contribution in [3.63, 3.8) is 0 Å². The van der Waals surface area contributed by atoms with Gasteiger partial charge in [0.15, 0.2) is 0 Å². The third-order valence-electron chi connectivity index (χ3n) is 5.36. The number of carbonyl (C=O) groups is 2. The van der Waals surface area contributed by atoms with E-state index in [1.54, 1.807) is 36.3 Å². The second kappa shape index (κ2) is 7.95. The van der Waals surface area contributed by atoms with E-state index in [2.05, 4.69) is 4.98 Å². The highest BCUT2D eigenvalue weighted by molar-refractivity contribution is 6.07. The van der Waals surface area contributed by atoms with Gasteiger partial charge in [0, 0.05) is 50.3 Å². The minimum absolute atomic E-state index is 0.0119. The van der Waals surface area contributed by atoms with Crippen molar-refractivity contribution in [2.24, 2.45) is 0 Å². The Labute approximate surface area is 168 Å². The van der Waals surface area contributed by atoms with Crippen molar-refractivity contribution in [3.05, 3.63) is 66.1 Å². The molecule has 2 aromatic carbocycles. The molecule has 1 fully saturated rings. The highest BCUT2D eigenvalue weighted by Crippen LogP contribution is 2.21. The first-order valence-electron chi connectivity index (χ1n) is 9.63. The zero-order valence-electron chi connectivity index (χ0n) is 16.3. The van der Waals surface area contributed by atoms with Crippen LogP contribution in [-0.4, -0.2) is 66.4 Å². The lowest BCUT2D eigenvalue weighted by Gasteiger charge is -2.36. The van der Waals surface area contributed by atoms with Crippen LogP contribution in [-0.2, 0) is 4.79 Å². The number of fused-ring (bicyclic) bond motifs is 1. The average Bonchev–Trinajstić information content (AvgIpc) is 3.18. The van der Waals surface area contributed by atoms with E-state index in [4.69, 9.17) is 0 Å². The quantitative estimate of drug-likeness (QED) is 0.740. The third kappa shape index (κ3) is 3.81. The van der Waals surface area contributed by atoms with Gasteiger partial charge in [-0.3, -0.25) is 9.59 Å². The van der Waals surface area contributed by atoms with Crippen LogP contribution < -0.4 is 4.90 Å². The number of hydrogen-bond acceptors (Lipinski definition) is 3. The summed E-state index contributed by atoms with van der Waals surface area (Å²) in [5.41, 5.74) is 2.01. The van der Waals surface area contributed by atoms with E-state index < -0.39 is 0 Å². The number of nitrogens with zero attached hydrogens (tertiary/aromatic N) is 3. The van der Waals surface area contributed by atoms with Crippen LogP contribution in [0.25, 0.3) is 10.9 Å². The maximum atomic E-state index is 14.0. The number of nitrogens with one attached hydrogen (secondary N) is 1. The van der Waals surface area contributed by atoms with Gasteiger partial charge < -0.3 is 19.7 Å². The molecule has 0 spiro atoms. The number of piperazine rings is 1. The topological polar surface area (TPSA) is 59.7 Å². The summed E-state index contributed by atoms with van der Waals surface area (Å²) in [6, 6.07) is 14.2. The Balaban J connectivity index is 1.36. The van der Waals surface area contributed by atoms with Crippen LogP contribution in [0.3, 0.4) is 0 Å². The fourth-order valence-electron chi connectivity index (χ4n) is 3.73. The van der Waals surface area contributed by atoms with E-state index in [0.29, 0.717) is 37.4 Å². The Morgan fingerprint density at radius 2 is 1.72 bits per heavy atom. The predicted octanol–water partition coefficient (Wildman–Crippen LogP) is 2.73. The van der Waals surface area contributed by atoms with Gasteiger partial charge in [-0.05, 0) is 18.2 Å². The van der Waals surface area contributed by atoms with Crippen molar-refractivity contribution in [3.8, 4) is 0 Å². The van der Waals surface area contributed by atoms with E-state index in [1.165, 1.54) is 11.0 Å². The van der Waals surface area contributed by atoms with E-state index in [1.807, 2.05) is 29.2 Å². The first-order valence-corrected chi connectivity index (χ1v) is 9.63. The molecule has 0 saturated carbocycles. The Morgan fingerprint density at radius 3 is 2.48 bits per heavy atom. The largest absolute Gasteiger partial charge is 0.366 e. The average molecular weight is 394 g/mol. The second-order valence-corrected chi connectivity index (χ2v) is 7.23. The maximum Gasteiger partial charge on any atom is 0.256 e. The summed E-state index contributed by atoms with van der Waals surface area (Å²) in [6.45, 7) is 2.14. The third-order valence-corrected chi connectivity index (χ3v) is 5.36. The van der Waals surface area contributed by atoms with Crippen LogP contribution in [0, 0.1) is 5.82 Å². The molecule has 0 radical (unpaired) electrons. The predicted molar refractivity (Wildman–Crippen MR) is 110 cm³/mol. The minimum Gasteiger partial charge on any atom is -0.366 e. The molecule has 1 N–H and O–H groups in total. The van der Waals surface area contributed by atoms with Gasteiger partial charge in [0.2, 0.25) is 5.91 Å². The fraction of sp³-hybridized carbons (Fsp3) is 0.273. The number of rotatable bonds is 4. The van der Waals surface area contributed by atoms with Crippen molar-refractivity contribution >= 4 is 28.4 Å². The summed E-state index contributed by atoms with van der Waals surface area (Å²) < 4.78 is 14.0. The lowest BCUT2D eigenvalue weighted by molar-refractivity contribution is -0.131. The van der Waals surface area contributed by atoms with Crippen molar-refractivity contribution in [1.82, 2.24) is 14.8 Å². The fourth-order valence-corrected chi connectivity index (χ4v) is 3.73. The molecule has 0 atom stereocenters. The normalized spacial score (nSPS) is 14.3. The van der Waals surface area contributed by atoms with Gasteiger partial charge in [0.05, 0.1) is 17.8 Å². The first-order chi connectivity index (χ1) is 14.0. The number of hydrogen-bond donors (Lipinski definition) is 1. The molecule has 4 rings (SSSR count). The zero-order valence-corrected chi connectivity index (χ0v) is 16.3. The highest BCUT2D eigenvalue weighted by Gasteiger charge is 2.25. The Bertz CT molecular complexity index is 1040. The van der Waals surface area contributed by atoms with Crippen molar-refractivity contribution < 1.29 is 14.0 Å². The lowest BCUT2D eigenvalue weighted by atomic mass is 10.1. The summed E-state index contributed by atoms with van der Waals surface area (Å²) in [4.78, 5) is 33.7. The number of aromatic nitrogens is 1. The van der Waals surface area contributed by atoms with Crippen LogP contribution >= 0.6 is 0 Å². The molecule has 0 unspecified atom stereocenters. The van der Waals surface area contributed by atoms with Gasteiger partial charge in [0.1, 0.15) is 5.82 Å². The number of halogens is 1. The van der Waals surface area contributed by atoms with E-state index in [-0.39, 0.29) is 24.2 Å². The number of likely N-dealkylation sites (N-methyl/N-ethyl adjacent to an activating group) is 1. The Hall–Kier alpha value is -3.35. The number of H-pyrrole nitrogens is 1. The number of benzene rings is 2. The number of anilines is 1. The van der Waals surface area contributed by atoms with Crippen LogP contribution in [0.2, 0.25) is 0 Å². The second-order valence-electron chi connectivity index (χ2n) is 7.23. The van der Waals surface area contributed by atoms with Crippen molar-refractivity contribution in [2.45, 2.75) is 0 Å². The molecule has 3 aromatic rings. The summed E-state index contributed by atoms with van der Waals surface area (Å²) >= 11 is 0. The monoisotopic (exact) mass is 394 g/mol. The van der Waals surface area contributed by atoms with Gasteiger partial charge >= 0.3 is 0 Å². The molecular weight excluding hydrogens is 371 g/mol. The lowest BCUT2D eigenvalue weighted by Crippen LogP contribution is -2.51. The summed E-state index contributed by atoms with van der Waals surface area (Å²) in [7, 11) is 1.64. The summed E-state index contributed by atoms with van der Waals surface area (Å²) in [5, 5.41) is 0.843. The minimum atomic E-state index is -0.253. The zero-order chi connectivity index (χ0) is 20.4. The number of carbonyl (C=O) groups excluding carboxylic acids is 2. The summed E-state index contributed by atoms with van der Waals surface area (Å²) in [5.74, 6) is -0.550. The highest BCUT2D eigenvalue weighted by atomic mass is 19.1. The van der Waals surface area contributed by atoms with E-state index in [9.17, 15) is 14.0 Å². The van der Waals surface area contributed by atoms with Crippen LogP contribution in [0.1, 0.15) is 10.4 Å². The smallest absolute Gasteiger partial charge is 0.256 e. The van der Waals surface area contributed by atoms with Gasteiger partial charge in [-0.25, -0.2) is 4.39 Å². The number of amides is 2. The molecule has 0 aliphatic carbocycles. The van der Waals surface area contributed by atoms with Crippen molar-refractivity contribution in [2.75, 3.05) is 44.7 Å². The van der Waals surface area contributed by atoms with Crippen molar-refractivity contribution in [1.29, 1.82) is 0 Å². The molecule has 29 heavy (non-hydrogen) atoms. The number of aromatic amines is 1. The van der Waals surface area contributed by atoms with Gasteiger partial charge in [-0.15, -0.1) is 0 Å². The molecule has 1 aliphatic heterocycles. The molecular formula is C22H23FN4O2. The van der Waals surface area contributed by atoms with Crippen LogP contribution in [0.15, 0.2) is 54.7 Å². The Kier molecular flexibility index (Phi) is 5.20.